The molecule has 0 saturated carbocycles. The quantitative estimate of drug-likeness (QED) is 0.742. The fourth-order valence-corrected chi connectivity index (χ4v) is 4.13. The van der Waals surface area contributed by atoms with Crippen molar-refractivity contribution >= 4 is 23.5 Å². The van der Waals surface area contributed by atoms with Crippen LogP contribution in [0.5, 0.6) is 11.5 Å². The number of fused-ring (bicyclic) bond motifs is 1. The van der Waals surface area contributed by atoms with Gasteiger partial charge in [0.05, 0.1) is 29.5 Å². The van der Waals surface area contributed by atoms with Crippen molar-refractivity contribution in [3.63, 3.8) is 0 Å². The number of amides is 1. The van der Waals surface area contributed by atoms with Gasteiger partial charge in [-0.2, -0.15) is 0 Å². The van der Waals surface area contributed by atoms with Crippen LogP contribution in [-0.2, 0) is 4.79 Å². The molecule has 1 aliphatic heterocycles. The van der Waals surface area contributed by atoms with Gasteiger partial charge in [-0.05, 0) is 29.8 Å². The zero-order valence-corrected chi connectivity index (χ0v) is 14.9. The number of methoxy groups -OCH3 is 1. The second-order valence-electron chi connectivity index (χ2n) is 5.88. The molecule has 1 amide bonds. The number of thioether (sulfide) groups is 1. The average molecular weight is 367 g/mol. The maximum Gasteiger partial charge on any atom is 0.235 e. The lowest BCUT2D eigenvalue weighted by Gasteiger charge is -2.18. The van der Waals surface area contributed by atoms with Crippen LogP contribution in [0, 0.1) is 0 Å². The number of phenolic OH excluding ortho intramolecular Hbond substituents is 1. The van der Waals surface area contributed by atoms with Crippen LogP contribution in [0.1, 0.15) is 16.5 Å². The molecule has 3 aromatic rings. The Bertz CT molecular complexity index is 970. The predicted molar refractivity (Wildman–Crippen MR) is 101 cm³/mol. The first-order valence-electron chi connectivity index (χ1n) is 8.08. The minimum Gasteiger partial charge on any atom is -0.508 e. The number of hydrogen-bond donors (Lipinski definition) is 2. The van der Waals surface area contributed by atoms with Crippen LogP contribution in [0.3, 0.4) is 0 Å². The number of aromatic nitrogens is 2. The Hall–Kier alpha value is -2.93. The Kier molecular flexibility index (Phi) is 4.30. The Labute approximate surface area is 154 Å². The van der Waals surface area contributed by atoms with Crippen molar-refractivity contribution in [2.45, 2.75) is 5.25 Å². The molecule has 7 heteroatoms. The summed E-state index contributed by atoms with van der Waals surface area (Å²) >= 11 is 1.50. The Morgan fingerprint density at radius 1 is 1.27 bits per heavy atom. The van der Waals surface area contributed by atoms with Crippen LogP contribution in [0.4, 0.5) is 5.82 Å². The lowest BCUT2D eigenvalue weighted by Crippen LogP contribution is -2.12. The van der Waals surface area contributed by atoms with E-state index < -0.39 is 0 Å². The van der Waals surface area contributed by atoms with Gasteiger partial charge >= 0.3 is 0 Å². The van der Waals surface area contributed by atoms with Crippen LogP contribution in [-0.4, -0.2) is 33.4 Å². The smallest absolute Gasteiger partial charge is 0.235 e. The van der Waals surface area contributed by atoms with Gasteiger partial charge in [-0.15, -0.1) is 11.8 Å². The molecule has 0 spiro atoms. The first-order chi connectivity index (χ1) is 12.7. The van der Waals surface area contributed by atoms with Crippen molar-refractivity contribution < 1.29 is 14.6 Å². The van der Waals surface area contributed by atoms with Gasteiger partial charge in [0.25, 0.3) is 0 Å². The number of carbonyl (C=O) groups excluding carboxylic acids is 1. The normalized spacial score (nSPS) is 16.5. The molecule has 0 unspecified atom stereocenters. The molecule has 0 saturated heterocycles. The summed E-state index contributed by atoms with van der Waals surface area (Å²) in [7, 11) is 1.62. The SMILES string of the molecule is COc1cccc(-n2cnc3c2[C@H](c2cccc(O)c2)SCC(=O)N3)c1. The number of rotatable bonds is 3. The second-order valence-corrected chi connectivity index (χ2v) is 6.98. The van der Waals surface area contributed by atoms with Crippen molar-refractivity contribution in [2.75, 3.05) is 18.2 Å². The van der Waals surface area contributed by atoms with Crippen molar-refractivity contribution in [3.05, 3.63) is 66.1 Å². The zero-order valence-electron chi connectivity index (χ0n) is 14.0. The van der Waals surface area contributed by atoms with E-state index >= 15 is 0 Å². The van der Waals surface area contributed by atoms with Crippen molar-refractivity contribution in [1.29, 1.82) is 0 Å². The Morgan fingerprint density at radius 3 is 2.92 bits per heavy atom. The fraction of sp³-hybridized carbons (Fsp3) is 0.158. The van der Waals surface area contributed by atoms with Crippen LogP contribution < -0.4 is 10.1 Å². The molecule has 0 aliphatic carbocycles. The van der Waals surface area contributed by atoms with E-state index in [1.54, 1.807) is 31.6 Å². The molecule has 0 radical (unpaired) electrons. The Morgan fingerprint density at radius 2 is 2.12 bits per heavy atom. The minimum absolute atomic E-state index is 0.0882. The number of nitrogens with one attached hydrogen (secondary N) is 1. The van der Waals surface area contributed by atoms with Gasteiger partial charge in [0.2, 0.25) is 5.91 Å². The van der Waals surface area contributed by atoms with Crippen LogP contribution >= 0.6 is 11.8 Å². The maximum absolute atomic E-state index is 12.1. The van der Waals surface area contributed by atoms with E-state index in [2.05, 4.69) is 10.3 Å². The first kappa shape index (κ1) is 16.5. The molecular formula is C19H17N3O3S. The van der Waals surface area contributed by atoms with Crippen molar-refractivity contribution in [2.24, 2.45) is 0 Å². The van der Waals surface area contributed by atoms with Crippen LogP contribution in [0.25, 0.3) is 5.69 Å². The number of aromatic hydroxyl groups is 1. The van der Waals surface area contributed by atoms with E-state index in [0.717, 1.165) is 22.7 Å². The Balaban J connectivity index is 1.88. The van der Waals surface area contributed by atoms with Gasteiger partial charge in [-0.3, -0.25) is 9.36 Å². The molecule has 4 rings (SSSR count). The zero-order chi connectivity index (χ0) is 18.1. The number of imidazole rings is 1. The standard InChI is InChI=1S/C19H17N3O3S/c1-25-15-7-3-5-13(9-15)22-11-20-19-17(22)18(26-10-16(24)21-19)12-4-2-6-14(23)8-12/h2-9,11,18,23H,10H2,1H3,(H,21,24)/t18-/m0/s1. The lowest BCUT2D eigenvalue weighted by atomic mass is 10.1. The molecule has 1 aromatic heterocycles. The summed E-state index contributed by atoms with van der Waals surface area (Å²) < 4.78 is 7.27. The number of phenols is 1. The van der Waals surface area contributed by atoms with Gasteiger partial charge < -0.3 is 15.2 Å². The molecule has 1 aliphatic rings. The number of carbonyl (C=O) groups is 1. The van der Waals surface area contributed by atoms with E-state index in [4.69, 9.17) is 4.74 Å². The molecule has 0 bridgehead atoms. The average Bonchev–Trinajstić information content (AvgIpc) is 2.97. The van der Waals surface area contributed by atoms with Gasteiger partial charge in [0, 0.05) is 6.07 Å². The van der Waals surface area contributed by atoms with Gasteiger partial charge in [-0.25, -0.2) is 4.98 Å². The number of ether oxygens (including phenoxy) is 1. The number of hydrogen-bond acceptors (Lipinski definition) is 5. The van der Waals surface area contributed by atoms with Gasteiger partial charge in [0.15, 0.2) is 5.82 Å². The molecule has 2 N–H and O–H groups in total. The van der Waals surface area contributed by atoms with E-state index in [9.17, 15) is 9.90 Å². The molecule has 26 heavy (non-hydrogen) atoms. The maximum atomic E-state index is 12.1. The summed E-state index contributed by atoms with van der Waals surface area (Å²) in [5.41, 5.74) is 2.66. The lowest BCUT2D eigenvalue weighted by molar-refractivity contribution is -0.113. The third-order valence-electron chi connectivity index (χ3n) is 4.20. The molecule has 132 valence electrons. The van der Waals surface area contributed by atoms with Gasteiger partial charge in [0.1, 0.15) is 17.8 Å². The summed E-state index contributed by atoms with van der Waals surface area (Å²) in [6, 6.07) is 14.8. The summed E-state index contributed by atoms with van der Waals surface area (Å²) in [6.45, 7) is 0. The first-order valence-corrected chi connectivity index (χ1v) is 9.12. The fourth-order valence-electron chi connectivity index (χ4n) is 3.02. The summed E-state index contributed by atoms with van der Waals surface area (Å²) in [6.07, 6.45) is 1.70. The predicted octanol–water partition coefficient (Wildman–Crippen LogP) is 3.36. The monoisotopic (exact) mass is 367 g/mol. The van der Waals surface area contributed by atoms with Crippen LogP contribution in [0.15, 0.2) is 54.9 Å². The number of anilines is 1. The molecular weight excluding hydrogens is 350 g/mol. The summed E-state index contributed by atoms with van der Waals surface area (Å²) in [4.78, 5) is 16.5. The topological polar surface area (TPSA) is 76.4 Å². The molecule has 2 aromatic carbocycles. The van der Waals surface area contributed by atoms with E-state index in [1.165, 1.54) is 11.8 Å². The molecule has 6 nitrogen and oxygen atoms in total. The number of nitrogens with zero attached hydrogens (tertiary/aromatic N) is 2. The van der Waals surface area contributed by atoms with Crippen LogP contribution in [0.2, 0.25) is 0 Å². The second kappa shape index (κ2) is 6.76. The largest absolute Gasteiger partial charge is 0.508 e. The van der Waals surface area contributed by atoms with E-state index in [0.29, 0.717) is 11.6 Å². The molecule has 1 atom stereocenters. The molecule has 0 fully saturated rings. The summed E-state index contributed by atoms with van der Waals surface area (Å²) in [5.74, 6) is 1.70. The highest BCUT2D eigenvalue weighted by Crippen LogP contribution is 2.42. The summed E-state index contributed by atoms with van der Waals surface area (Å²) in [5, 5.41) is 12.6. The number of benzene rings is 2. The molecule has 2 heterocycles. The third kappa shape index (κ3) is 3.01. The third-order valence-corrected chi connectivity index (χ3v) is 5.45. The highest BCUT2D eigenvalue weighted by atomic mass is 32.2. The van der Waals surface area contributed by atoms with Crippen molar-refractivity contribution in [1.82, 2.24) is 9.55 Å². The van der Waals surface area contributed by atoms with Crippen molar-refractivity contribution in [3.8, 4) is 17.2 Å². The highest BCUT2D eigenvalue weighted by molar-refractivity contribution is 8.00. The van der Waals surface area contributed by atoms with E-state index in [1.807, 2.05) is 34.9 Å². The van der Waals surface area contributed by atoms with Gasteiger partial charge in [-0.1, -0.05) is 18.2 Å². The minimum atomic E-state index is -0.148. The highest BCUT2D eigenvalue weighted by Gasteiger charge is 2.29. The van der Waals surface area contributed by atoms with E-state index in [-0.39, 0.29) is 16.9 Å².